The van der Waals surface area contributed by atoms with Crippen LogP contribution in [0.3, 0.4) is 0 Å². The quantitative estimate of drug-likeness (QED) is 0.234. The molecular weight excluding hydrogens is 488 g/mol. The maximum Gasteiger partial charge on any atom is 0.188 e. The summed E-state index contributed by atoms with van der Waals surface area (Å²) in [6.45, 7) is 8.93. The maximum atomic E-state index is 13.7. The van der Waals surface area contributed by atoms with Gasteiger partial charge in [-0.2, -0.15) is 0 Å². The lowest BCUT2D eigenvalue weighted by Gasteiger charge is -2.34. The van der Waals surface area contributed by atoms with Gasteiger partial charge in [-0.15, -0.1) is 24.0 Å². The minimum Gasteiger partial charge on any atom is -0.379 e. The zero-order chi connectivity index (χ0) is 19.6. The molecule has 3 N–H and O–H groups in total. The van der Waals surface area contributed by atoms with Gasteiger partial charge in [0.25, 0.3) is 0 Å². The van der Waals surface area contributed by atoms with E-state index in [0.717, 1.165) is 64.5 Å². The minimum atomic E-state index is -0.228. The van der Waals surface area contributed by atoms with Crippen LogP contribution in [0.2, 0.25) is 0 Å². The first-order valence-electron chi connectivity index (χ1n) is 10.1. The third kappa shape index (κ3) is 8.33. The van der Waals surface area contributed by atoms with Crippen LogP contribution in [0.1, 0.15) is 18.0 Å². The molecule has 7 nitrogen and oxygen atoms in total. The van der Waals surface area contributed by atoms with Crippen LogP contribution >= 0.6 is 24.0 Å². The molecule has 1 atom stereocenters. The van der Waals surface area contributed by atoms with Gasteiger partial charge in [-0.1, -0.05) is 12.1 Å². The Hall–Kier alpha value is -1.01. The second-order valence-corrected chi connectivity index (χ2v) is 7.18. The van der Waals surface area contributed by atoms with Gasteiger partial charge in [0.1, 0.15) is 5.82 Å². The molecule has 9 heteroatoms. The summed E-state index contributed by atoms with van der Waals surface area (Å²) in [7, 11) is 0. The highest BCUT2D eigenvalue weighted by Crippen LogP contribution is 2.23. The number of guanidine groups is 1. The number of hydrogen-bond donors (Lipinski definition) is 2. The van der Waals surface area contributed by atoms with E-state index in [-0.39, 0.29) is 35.8 Å². The second-order valence-electron chi connectivity index (χ2n) is 7.18. The van der Waals surface area contributed by atoms with Gasteiger partial charge in [-0.05, 0) is 30.7 Å². The smallest absolute Gasteiger partial charge is 0.188 e. The first-order valence-corrected chi connectivity index (χ1v) is 10.1. The Morgan fingerprint density at radius 3 is 2.52 bits per heavy atom. The van der Waals surface area contributed by atoms with E-state index >= 15 is 0 Å². The Kier molecular flexibility index (Phi) is 11.1. The summed E-state index contributed by atoms with van der Waals surface area (Å²) in [5.74, 6) is 0.214. The molecule has 3 rings (SSSR count). The number of rotatable bonds is 8. The van der Waals surface area contributed by atoms with Crippen LogP contribution in [0.4, 0.5) is 4.39 Å². The van der Waals surface area contributed by atoms with Crippen molar-refractivity contribution in [1.29, 1.82) is 0 Å². The Labute approximate surface area is 189 Å². The molecule has 0 saturated carbocycles. The summed E-state index contributed by atoms with van der Waals surface area (Å²) < 4.78 is 24.5. The van der Waals surface area contributed by atoms with Crippen LogP contribution in [-0.4, -0.2) is 88.0 Å². The number of nitrogens with zero attached hydrogens (tertiary/aromatic N) is 3. The average molecular weight is 521 g/mol. The first kappa shape index (κ1) is 24.3. The molecule has 2 aliphatic rings. The third-order valence-electron chi connectivity index (χ3n) is 5.22. The van der Waals surface area contributed by atoms with E-state index in [2.05, 4.69) is 20.1 Å². The topological polar surface area (TPSA) is 75.3 Å². The fraction of sp³-hybridized carbons (Fsp3) is 0.650. The van der Waals surface area contributed by atoms with Crippen molar-refractivity contribution >= 4 is 29.9 Å². The normalized spacial score (nSPS) is 20.1. The predicted molar refractivity (Wildman–Crippen MR) is 123 cm³/mol. The number of nitrogens with one attached hydrogen (secondary N) is 1. The highest BCUT2D eigenvalue weighted by atomic mass is 127. The van der Waals surface area contributed by atoms with Crippen molar-refractivity contribution < 1.29 is 13.9 Å². The van der Waals surface area contributed by atoms with Crippen molar-refractivity contribution in [3.05, 3.63) is 35.6 Å². The Morgan fingerprint density at radius 2 is 1.83 bits per heavy atom. The lowest BCUT2D eigenvalue weighted by Crippen LogP contribution is -2.41. The highest BCUT2D eigenvalue weighted by molar-refractivity contribution is 14.0. The number of ether oxygens (including phenoxy) is 2. The Bertz CT molecular complexity index is 625. The molecule has 0 bridgehead atoms. The molecule has 164 valence electrons. The van der Waals surface area contributed by atoms with E-state index < -0.39 is 0 Å². The van der Waals surface area contributed by atoms with Gasteiger partial charge in [0.05, 0.1) is 39.0 Å². The van der Waals surface area contributed by atoms with Crippen LogP contribution in [0.25, 0.3) is 0 Å². The number of halogens is 2. The standard InChI is InChI=1S/C20H32FN5O2.HI/c21-18-4-1-3-17(15-18)19(26-9-13-28-14-10-26)16-24-20(22)23-5-2-6-25-7-11-27-12-8-25;/h1,3-4,15,19H,2,5-14,16H2,(H3,22,23,24);1H. The van der Waals surface area contributed by atoms with E-state index in [1.165, 1.54) is 6.07 Å². The molecular formula is C20H33FIN5O2. The monoisotopic (exact) mass is 521 g/mol. The van der Waals surface area contributed by atoms with Crippen LogP contribution in [0, 0.1) is 5.82 Å². The molecule has 2 fully saturated rings. The van der Waals surface area contributed by atoms with Gasteiger partial charge in [-0.3, -0.25) is 14.8 Å². The number of aliphatic imine (C=N–C) groups is 1. The molecule has 2 aliphatic heterocycles. The van der Waals surface area contributed by atoms with Crippen molar-refractivity contribution in [2.24, 2.45) is 10.7 Å². The van der Waals surface area contributed by atoms with Gasteiger partial charge in [0.2, 0.25) is 0 Å². The third-order valence-corrected chi connectivity index (χ3v) is 5.22. The fourth-order valence-corrected chi connectivity index (χ4v) is 3.62. The largest absolute Gasteiger partial charge is 0.379 e. The molecule has 1 aromatic rings. The molecule has 0 aliphatic carbocycles. The van der Waals surface area contributed by atoms with E-state index in [4.69, 9.17) is 15.2 Å². The van der Waals surface area contributed by atoms with E-state index in [0.29, 0.717) is 25.7 Å². The van der Waals surface area contributed by atoms with Crippen LogP contribution < -0.4 is 11.1 Å². The summed E-state index contributed by atoms with van der Waals surface area (Å²) >= 11 is 0. The molecule has 2 saturated heterocycles. The highest BCUT2D eigenvalue weighted by Gasteiger charge is 2.22. The van der Waals surface area contributed by atoms with Crippen molar-refractivity contribution in [2.75, 3.05) is 72.2 Å². The average Bonchev–Trinajstić information content (AvgIpc) is 2.73. The van der Waals surface area contributed by atoms with Gasteiger partial charge < -0.3 is 20.5 Å². The zero-order valence-corrected chi connectivity index (χ0v) is 19.2. The summed E-state index contributed by atoms with van der Waals surface area (Å²) in [5, 5.41) is 3.20. The molecule has 1 aromatic carbocycles. The molecule has 0 amide bonds. The van der Waals surface area contributed by atoms with E-state index in [1.54, 1.807) is 12.1 Å². The predicted octanol–water partition coefficient (Wildman–Crippen LogP) is 1.44. The number of nitrogens with two attached hydrogens (primary N) is 1. The van der Waals surface area contributed by atoms with Gasteiger partial charge in [0.15, 0.2) is 5.96 Å². The SMILES string of the molecule is I.NC(=NCC(c1cccc(F)c1)N1CCOCC1)NCCCN1CCOCC1. The lowest BCUT2D eigenvalue weighted by atomic mass is 10.0. The zero-order valence-electron chi connectivity index (χ0n) is 16.9. The summed E-state index contributed by atoms with van der Waals surface area (Å²) in [4.78, 5) is 9.22. The van der Waals surface area contributed by atoms with Crippen molar-refractivity contribution in [1.82, 2.24) is 15.1 Å². The van der Waals surface area contributed by atoms with Crippen molar-refractivity contribution in [3.8, 4) is 0 Å². The Morgan fingerprint density at radius 1 is 1.14 bits per heavy atom. The van der Waals surface area contributed by atoms with Crippen molar-refractivity contribution in [2.45, 2.75) is 12.5 Å². The van der Waals surface area contributed by atoms with Crippen LogP contribution in [0.5, 0.6) is 0 Å². The summed E-state index contributed by atoms with van der Waals surface area (Å²) in [5.41, 5.74) is 6.99. The summed E-state index contributed by atoms with van der Waals surface area (Å²) in [6.07, 6.45) is 1.01. The molecule has 2 heterocycles. The first-order chi connectivity index (χ1) is 13.7. The molecule has 0 spiro atoms. The Balaban J connectivity index is 0.00000300. The number of morpholine rings is 2. The van der Waals surface area contributed by atoms with Crippen molar-refractivity contribution in [3.63, 3.8) is 0 Å². The summed E-state index contributed by atoms with van der Waals surface area (Å²) in [6, 6.07) is 6.74. The van der Waals surface area contributed by atoms with Gasteiger partial charge in [-0.25, -0.2) is 4.39 Å². The van der Waals surface area contributed by atoms with Crippen LogP contribution in [-0.2, 0) is 9.47 Å². The molecule has 29 heavy (non-hydrogen) atoms. The number of benzene rings is 1. The minimum absolute atomic E-state index is 0. The van der Waals surface area contributed by atoms with E-state index in [9.17, 15) is 4.39 Å². The van der Waals surface area contributed by atoms with Gasteiger partial charge in [0, 0.05) is 32.7 Å². The van der Waals surface area contributed by atoms with Gasteiger partial charge >= 0.3 is 0 Å². The second kappa shape index (κ2) is 13.3. The molecule has 1 unspecified atom stereocenters. The van der Waals surface area contributed by atoms with Crippen LogP contribution in [0.15, 0.2) is 29.3 Å². The number of hydrogen-bond acceptors (Lipinski definition) is 5. The van der Waals surface area contributed by atoms with E-state index in [1.807, 2.05) is 6.07 Å². The molecule has 0 aromatic heterocycles. The fourth-order valence-electron chi connectivity index (χ4n) is 3.62. The molecule has 0 radical (unpaired) electrons. The lowest BCUT2D eigenvalue weighted by molar-refractivity contribution is 0.0179. The maximum absolute atomic E-state index is 13.7.